The molecule has 0 bridgehead atoms. The predicted molar refractivity (Wildman–Crippen MR) is 81.9 cm³/mol. The SMILES string of the molecule is Cc1cccc(CNc2cccc3cnccc23)c1O. The van der Waals surface area contributed by atoms with Gasteiger partial charge in [-0.2, -0.15) is 0 Å². The van der Waals surface area contributed by atoms with E-state index in [2.05, 4.69) is 10.3 Å². The van der Waals surface area contributed by atoms with E-state index in [4.69, 9.17) is 0 Å². The van der Waals surface area contributed by atoms with Crippen molar-refractivity contribution in [2.24, 2.45) is 0 Å². The molecular weight excluding hydrogens is 248 g/mol. The van der Waals surface area contributed by atoms with E-state index in [1.54, 1.807) is 6.20 Å². The second-order valence-electron chi connectivity index (χ2n) is 4.84. The van der Waals surface area contributed by atoms with Crippen LogP contribution in [0.15, 0.2) is 54.9 Å². The molecule has 0 atom stereocenters. The van der Waals surface area contributed by atoms with Crippen molar-refractivity contribution in [2.45, 2.75) is 13.5 Å². The number of hydrogen-bond acceptors (Lipinski definition) is 3. The van der Waals surface area contributed by atoms with E-state index in [-0.39, 0.29) is 0 Å². The molecule has 0 aliphatic rings. The minimum absolute atomic E-state index is 0.363. The molecule has 2 N–H and O–H groups in total. The highest BCUT2D eigenvalue weighted by atomic mass is 16.3. The van der Waals surface area contributed by atoms with Crippen LogP contribution in [0, 0.1) is 6.92 Å². The summed E-state index contributed by atoms with van der Waals surface area (Å²) in [5.41, 5.74) is 2.84. The Morgan fingerprint density at radius 3 is 2.85 bits per heavy atom. The summed E-state index contributed by atoms with van der Waals surface area (Å²) in [6.45, 7) is 2.50. The number of aromatic hydroxyl groups is 1. The lowest BCUT2D eigenvalue weighted by atomic mass is 10.1. The minimum atomic E-state index is 0.363. The average Bonchev–Trinajstić information content (AvgIpc) is 2.49. The normalized spacial score (nSPS) is 10.7. The molecule has 0 aliphatic carbocycles. The van der Waals surface area contributed by atoms with Gasteiger partial charge in [-0.05, 0) is 24.6 Å². The molecule has 1 aromatic heterocycles. The fourth-order valence-electron chi connectivity index (χ4n) is 2.33. The topological polar surface area (TPSA) is 45.2 Å². The van der Waals surface area contributed by atoms with Crippen LogP contribution in [0.5, 0.6) is 5.75 Å². The predicted octanol–water partition coefficient (Wildman–Crippen LogP) is 3.86. The van der Waals surface area contributed by atoms with Crippen LogP contribution in [0.2, 0.25) is 0 Å². The highest BCUT2D eigenvalue weighted by molar-refractivity contribution is 5.93. The second kappa shape index (κ2) is 5.21. The molecule has 1 heterocycles. The summed E-state index contributed by atoms with van der Waals surface area (Å²) in [5.74, 6) is 0.363. The van der Waals surface area contributed by atoms with Gasteiger partial charge in [0.25, 0.3) is 0 Å². The number of benzene rings is 2. The smallest absolute Gasteiger partial charge is 0.123 e. The highest BCUT2D eigenvalue weighted by Gasteiger charge is 2.05. The van der Waals surface area contributed by atoms with E-state index in [0.717, 1.165) is 27.6 Å². The van der Waals surface area contributed by atoms with Crippen LogP contribution in [-0.4, -0.2) is 10.1 Å². The Morgan fingerprint density at radius 1 is 1.10 bits per heavy atom. The first kappa shape index (κ1) is 12.5. The monoisotopic (exact) mass is 264 g/mol. The maximum absolute atomic E-state index is 10.0. The van der Waals surface area contributed by atoms with Crippen LogP contribution in [-0.2, 0) is 6.54 Å². The van der Waals surface area contributed by atoms with Crippen molar-refractivity contribution >= 4 is 16.5 Å². The van der Waals surface area contributed by atoms with Crippen LogP contribution in [0.1, 0.15) is 11.1 Å². The van der Waals surface area contributed by atoms with Crippen LogP contribution in [0.25, 0.3) is 10.8 Å². The molecule has 0 amide bonds. The third-order valence-corrected chi connectivity index (χ3v) is 3.47. The molecule has 3 nitrogen and oxygen atoms in total. The molecule has 0 aliphatic heterocycles. The Hall–Kier alpha value is -2.55. The summed E-state index contributed by atoms with van der Waals surface area (Å²) in [6, 6.07) is 13.9. The van der Waals surface area contributed by atoms with Crippen molar-refractivity contribution in [2.75, 3.05) is 5.32 Å². The first-order valence-electron chi connectivity index (χ1n) is 6.60. The summed E-state index contributed by atoms with van der Waals surface area (Å²) in [6.07, 6.45) is 3.64. The van der Waals surface area contributed by atoms with E-state index in [0.29, 0.717) is 12.3 Å². The fourth-order valence-corrected chi connectivity index (χ4v) is 2.33. The third-order valence-electron chi connectivity index (χ3n) is 3.47. The molecule has 0 saturated carbocycles. The molecule has 0 saturated heterocycles. The zero-order chi connectivity index (χ0) is 13.9. The van der Waals surface area contributed by atoms with E-state index in [9.17, 15) is 5.11 Å². The molecule has 3 rings (SSSR count). The Balaban J connectivity index is 1.89. The van der Waals surface area contributed by atoms with Gasteiger partial charge in [-0.25, -0.2) is 0 Å². The van der Waals surface area contributed by atoms with Gasteiger partial charge in [-0.3, -0.25) is 4.98 Å². The van der Waals surface area contributed by atoms with Crippen LogP contribution in [0.3, 0.4) is 0 Å². The number of para-hydroxylation sites is 1. The van der Waals surface area contributed by atoms with Gasteiger partial charge < -0.3 is 10.4 Å². The van der Waals surface area contributed by atoms with Gasteiger partial charge in [0.2, 0.25) is 0 Å². The maximum Gasteiger partial charge on any atom is 0.123 e. The molecule has 0 fully saturated rings. The van der Waals surface area contributed by atoms with Gasteiger partial charge in [-0.1, -0.05) is 30.3 Å². The Labute approximate surface area is 117 Å². The Kier molecular flexibility index (Phi) is 3.25. The fraction of sp³-hybridized carbons (Fsp3) is 0.118. The lowest BCUT2D eigenvalue weighted by molar-refractivity contribution is 0.465. The molecule has 2 aromatic carbocycles. The van der Waals surface area contributed by atoms with Gasteiger partial charge >= 0.3 is 0 Å². The molecule has 0 unspecified atom stereocenters. The average molecular weight is 264 g/mol. The van der Waals surface area contributed by atoms with Crippen LogP contribution < -0.4 is 5.32 Å². The number of phenols is 1. The number of pyridine rings is 1. The van der Waals surface area contributed by atoms with E-state index < -0.39 is 0 Å². The van der Waals surface area contributed by atoms with Gasteiger partial charge in [0.1, 0.15) is 5.75 Å². The summed E-state index contributed by atoms with van der Waals surface area (Å²) >= 11 is 0. The number of anilines is 1. The van der Waals surface area contributed by atoms with E-state index in [1.165, 1.54) is 0 Å². The Bertz CT molecular complexity index is 748. The van der Waals surface area contributed by atoms with Gasteiger partial charge in [0, 0.05) is 41.0 Å². The van der Waals surface area contributed by atoms with Gasteiger partial charge in [0.05, 0.1) is 0 Å². The van der Waals surface area contributed by atoms with Crippen molar-refractivity contribution in [1.29, 1.82) is 0 Å². The van der Waals surface area contributed by atoms with Crippen LogP contribution in [0.4, 0.5) is 5.69 Å². The van der Waals surface area contributed by atoms with Crippen molar-refractivity contribution in [3.8, 4) is 5.75 Å². The molecule has 0 spiro atoms. The van der Waals surface area contributed by atoms with Crippen molar-refractivity contribution in [1.82, 2.24) is 4.98 Å². The first-order valence-corrected chi connectivity index (χ1v) is 6.60. The van der Waals surface area contributed by atoms with Crippen molar-refractivity contribution < 1.29 is 5.11 Å². The van der Waals surface area contributed by atoms with E-state index >= 15 is 0 Å². The minimum Gasteiger partial charge on any atom is -0.507 e. The number of rotatable bonds is 3. The van der Waals surface area contributed by atoms with Gasteiger partial charge in [0.15, 0.2) is 0 Å². The molecular formula is C17H16N2O. The summed E-state index contributed by atoms with van der Waals surface area (Å²) in [4.78, 5) is 4.13. The maximum atomic E-state index is 10.0. The lowest BCUT2D eigenvalue weighted by Crippen LogP contribution is -2.00. The van der Waals surface area contributed by atoms with Crippen molar-refractivity contribution in [3.63, 3.8) is 0 Å². The molecule has 100 valence electrons. The molecule has 0 radical (unpaired) electrons. The number of nitrogens with one attached hydrogen (secondary N) is 1. The number of phenolic OH excluding ortho intramolecular Hbond substituents is 1. The summed E-state index contributed by atoms with van der Waals surface area (Å²) < 4.78 is 0. The van der Waals surface area contributed by atoms with E-state index in [1.807, 2.05) is 55.6 Å². The van der Waals surface area contributed by atoms with Crippen LogP contribution >= 0.6 is 0 Å². The van der Waals surface area contributed by atoms with Gasteiger partial charge in [-0.15, -0.1) is 0 Å². The quantitative estimate of drug-likeness (QED) is 0.755. The standard InChI is InChI=1S/C17H16N2O/c1-12-4-2-6-14(17(12)20)11-19-16-7-3-5-13-10-18-9-8-15(13)16/h2-10,19-20H,11H2,1H3. The lowest BCUT2D eigenvalue weighted by Gasteiger charge is -2.11. The highest BCUT2D eigenvalue weighted by Crippen LogP contribution is 2.25. The molecule has 20 heavy (non-hydrogen) atoms. The largest absolute Gasteiger partial charge is 0.507 e. The van der Waals surface area contributed by atoms with Crippen molar-refractivity contribution in [3.05, 3.63) is 66.0 Å². The number of fused-ring (bicyclic) bond motifs is 1. The zero-order valence-electron chi connectivity index (χ0n) is 11.3. The molecule has 3 aromatic rings. The number of nitrogens with zero attached hydrogens (tertiary/aromatic N) is 1. The molecule has 3 heteroatoms. The summed E-state index contributed by atoms with van der Waals surface area (Å²) in [7, 11) is 0. The first-order chi connectivity index (χ1) is 9.75. The third kappa shape index (κ3) is 2.30. The number of hydrogen-bond donors (Lipinski definition) is 2. The summed E-state index contributed by atoms with van der Waals surface area (Å²) in [5, 5.41) is 15.7. The Morgan fingerprint density at radius 2 is 1.95 bits per heavy atom. The zero-order valence-corrected chi connectivity index (χ0v) is 11.3. The second-order valence-corrected chi connectivity index (χ2v) is 4.84. The number of aromatic nitrogens is 1. The number of aryl methyl sites for hydroxylation is 1.